The lowest BCUT2D eigenvalue weighted by atomic mass is 10.0. The minimum absolute atomic E-state index is 0.0283. The molecule has 2 fully saturated rings. The number of fused-ring (bicyclic) bond motifs is 1. The fraction of sp³-hybridized carbons (Fsp3) is 0.545. The quantitative estimate of drug-likeness (QED) is 0.407. The van der Waals surface area contributed by atoms with Gasteiger partial charge in [-0.15, -0.1) is 0 Å². The number of hydrogen-bond acceptors (Lipinski definition) is 7. The summed E-state index contributed by atoms with van der Waals surface area (Å²) in [5.74, 6) is -0.628. The largest absolute Gasteiger partial charge is 0.443 e. The number of alkyl carbamates (subject to hydrolysis) is 1. The van der Waals surface area contributed by atoms with Crippen LogP contribution in [-0.4, -0.2) is 55.6 Å². The number of amides is 1. The Balaban J connectivity index is 1.32. The number of aromatic nitrogens is 5. The van der Waals surface area contributed by atoms with Crippen LogP contribution in [0.5, 0.6) is 0 Å². The molecule has 2 aliphatic rings. The van der Waals surface area contributed by atoms with Crippen LogP contribution in [0, 0.1) is 0 Å². The highest BCUT2D eigenvalue weighted by molar-refractivity contribution is 5.69. The number of hydrogen-bond donors (Lipinski definition) is 3. The molecule has 10 nitrogen and oxygen atoms in total. The maximum atomic E-state index is 15.1. The second-order valence-electron chi connectivity index (χ2n) is 9.45. The zero-order valence-electron chi connectivity index (χ0n) is 19.5. The first-order chi connectivity index (χ1) is 17.0. The minimum atomic E-state index is -4.69. The molecular weight excluding hydrogens is 486 g/mol. The van der Waals surface area contributed by atoms with Gasteiger partial charge in [-0.2, -0.15) is 18.3 Å². The van der Waals surface area contributed by atoms with Gasteiger partial charge in [-0.05, 0) is 32.6 Å². The maximum absolute atomic E-state index is 15.1. The second kappa shape index (κ2) is 8.91. The van der Waals surface area contributed by atoms with E-state index in [2.05, 4.69) is 30.8 Å². The molecule has 3 N–H and O–H groups in total. The number of rotatable bonds is 7. The van der Waals surface area contributed by atoms with Crippen LogP contribution < -0.4 is 10.6 Å². The summed E-state index contributed by atoms with van der Waals surface area (Å²) in [5.41, 5.74) is -0.518. The lowest BCUT2D eigenvalue weighted by Gasteiger charge is -2.19. The molecule has 14 heteroatoms. The van der Waals surface area contributed by atoms with E-state index in [0.717, 1.165) is 18.9 Å². The number of methoxy groups -OCH3 is 1. The number of ether oxygens (including phenoxy) is 2. The third-order valence-corrected chi connectivity index (χ3v) is 6.49. The van der Waals surface area contributed by atoms with Gasteiger partial charge in [-0.3, -0.25) is 9.50 Å². The van der Waals surface area contributed by atoms with Gasteiger partial charge in [0.1, 0.15) is 17.9 Å². The predicted molar refractivity (Wildman–Crippen MR) is 118 cm³/mol. The van der Waals surface area contributed by atoms with Crippen molar-refractivity contribution in [2.24, 2.45) is 0 Å². The van der Waals surface area contributed by atoms with Crippen LogP contribution >= 0.6 is 0 Å². The Kier molecular flexibility index (Phi) is 6.01. The van der Waals surface area contributed by atoms with E-state index in [1.54, 1.807) is 0 Å². The molecule has 3 atom stereocenters. The van der Waals surface area contributed by atoms with E-state index in [-0.39, 0.29) is 29.6 Å². The van der Waals surface area contributed by atoms with E-state index < -0.39 is 36.2 Å². The molecule has 0 saturated heterocycles. The van der Waals surface area contributed by atoms with E-state index in [1.165, 1.54) is 23.8 Å². The molecule has 0 aliphatic heterocycles. The number of H-pyrrole nitrogens is 1. The van der Waals surface area contributed by atoms with Gasteiger partial charge in [-0.25, -0.2) is 19.2 Å². The molecule has 3 heterocycles. The zero-order valence-corrected chi connectivity index (χ0v) is 19.5. The lowest BCUT2D eigenvalue weighted by Crippen LogP contribution is -2.38. The molecule has 0 aromatic carbocycles. The van der Waals surface area contributed by atoms with Gasteiger partial charge in [0.2, 0.25) is 5.95 Å². The highest BCUT2D eigenvalue weighted by Gasteiger charge is 2.43. The fourth-order valence-electron chi connectivity index (χ4n) is 4.29. The van der Waals surface area contributed by atoms with Crippen molar-refractivity contribution in [1.82, 2.24) is 29.9 Å². The van der Waals surface area contributed by atoms with Crippen LogP contribution in [0.15, 0.2) is 18.3 Å². The third-order valence-electron chi connectivity index (χ3n) is 6.49. The summed E-state index contributed by atoms with van der Waals surface area (Å²) >= 11 is 0. The van der Waals surface area contributed by atoms with Crippen molar-refractivity contribution in [3.8, 4) is 0 Å². The SMILES string of the molecule is COCc1cn2c(Nc3cc([C@@H]4CC[C@H](OC(=O)NC5(C)CC5)[C@H]4F)[nH]n3)nc(C(F)(F)F)cc2n1. The van der Waals surface area contributed by atoms with Crippen LogP contribution in [0.4, 0.5) is 34.1 Å². The second-order valence-corrected chi connectivity index (χ2v) is 9.45. The number of alkyl halides is 4. The van der Waals surface area contributed by atoms with Crippen LogP contribution in [0.3, 0.4) is 0 Å². The van der Waals surface area contributed by atoms with Gasteiger partial charge in [-0.1, -0.05) is 0 Å². The van der Waals surface area contributed by atoms with E-state index in [1.807, 2.05) is 6.92 Å². The van der Waals surface area contributed by atoms with Gasteiger partial charge in [0.15, 0.2) is 11.5 Å². The average molecular weight is 511 g/mol. The van der Waals surface area contributed by atoms with E-state index in [0.29, 0.717) is 24.2 Å². The molecule has 5 rings (SSSR count). The maximum Gasteiger partial charge on any atom is 0.433 e. The first-order valence-corrected chi connectivity index (χ1v) is 11.4. The van der Waals surface area contributed by atoms with Crippen LogP contribution in [0.25, 0.3) is 5.65 Å². The van der Waals surface area contributed by atoms with Crippen molar-refractivity contribution in [3.63, 3.8) is 0 Å². The lowest BCUT2D eigenvalue weighted by molar-refractivity contribution is -0.141. The predicted octanol–water partition coefficient (Wildman–Crippen LogP) is 4.22. The molecule has 3 aromatic heterocycles. The summed E-state index contributed by atoms with van der Waals surface area (Å²) in [7, 11) is 1.45. The monoisotopic (exact) mass is 511 g/mol. The number of imidazole rings is 1. The molecule has 194 valence electrons. The number of carbonyl (C=O) groups excluding carboxylic acids is 1. The van der Waals surface area contributed by atoms with Crippen LogP contribution in [0.2, 0.25) is 0 Å². The van der Waals surface area contributed by atoms with Crippen LogP contribution in [-0.2, 0) is 22.3 Å². The van der Waals surface area contributed by atoms with Crippen molar-refractivity contribution in [3.05, 3.63) is 35.4 Å². The number of nitrogens with zero attached hydrogens (tertiary/aromatic N) is 4. The molecule has 0 bridgehead atoms. The Morgan fingerprint density at radius 3 is 2.75 bits per heavy atom. The molecule has 0 radical (unpaired) electrons. The van der Waals surface area contributed by atoms with Crippen molar-refractivity contribution in [1.29, 1.82) is 0 Å². The Morgan fingerprint density at radius 1 is 1.28 bits per heavy atom. The van der Waals surface area contributed by atoms with Crippen molar-refractivity contribution in [2.45, 2.75) is 69.1 Å². The first kappa shape index (κ1) is 24.3. The number of halogens is 4. The summed E-state index contributed by atoms with van der Waals surface area (Å²) in [5, 5.41) is 12.3. The molecule has 36 heavy (non-hydrogen) atoms. The highest BCUT2D eigenvalue weighted by Crippen LogP contribution is 2.39. The van der Waals surface area contributed by atoms with E-state index in [9.17, 15) is 18.0 Å². The standard InChI is InChI=1S/C22H25F4N7O3/c1-21(5-6-21)30-20(34)36-14-4-3-12(18(14)23)13-7-16(32-31-13)29-19-28-15(22(24,25)26)8-17-27-11(10-35-2)9-33(17)19/h7-9,12,14,18H,3-6,10H2,1-2H3,(H,30,34)(H2,28,29,31,32)/t12-,14-,18-/m0/s1. The topological polar surface area (TPSA) is 118 Å². The summed E-state index contributed by atoms with van der Waals surface area (Å²) in [6.07, 6.45) is -3.71. The Morgan fingerprint density at radius 2 is 2.06 bits per heavy atom. The summed E-state index contributed by atoms with van der Waals surface area (Å²) in [4.78, 5) is 19.9. The van der Waals surface area contributed by atoms with Crippen molar-refractivity contribution in [2.75, 3.05) is 12.4 Å². The van der Waals surface area contributed by atoms with Crippen molar-refractivity contribution >= 4 is 23.5 Å². The Bertz CT molecular complexity index is 1270. The molecule has 0 unspecified atom stereocenters. The number of aromatic amines is 1. The minimum Gasteiger partial charge on any atom is -0.443 e. The Hall–Kier alpha value is -3.42. The molecule has 0 spiro atoms. The van der Waals surface area contributed by atoms with Gasteiger partial charge in [0.05, 0.1) is 12.3 Å². The normalized spacial score (nSPS) is 23.1. The number of nitrogens with one attached hydrogen (secondary N) is 3. The molecule has 1 amide bonds. The average Bonchev–Trinajstić information content (AvgIpc) is 3.14. The van der Waals surface area contributed by atoms with Gasteiger partial charge < -0.3 is 20.1 Å². The molecule has 3 aromatic rings. The van der Waals surface area contributed by atoms with Gasteiger partial charge >= 0.3 is 12.3 Å². The molecule has 2 aliphatic carbocycles. The van der Waals surface area contributed by atoms with Gasteiger partial charge in [0.25, 0.3) is 0 Å². The summed E-state index contributed by atoms with van der Waals surface area (Å²) in [6, 6.07) is 2.35. The smallest absolute Gasteiger partial charge is 0.433 e. The molecular formula is C22H25F4N7O3. The first-order valence-electron chi connectivity index (χ1n) is 11.4. The number of carbonyl (C=O) groups is 1. The fourth-order valence-corrected chi connectivity index (χ4v) is 4.29. The van der Waals surface area contributed by atoms with Gasteiger partial charge in [0, 0.05) is 42.6 Å². The van der Waals surface area contributed by atoms with E-state index in [4.69, 9.17) is 9.47 Å². The van der Waals surface area contributed by atoms with Crippen molar-refractivity contribution < 1.29 is 31.8 Å². The Labute approximate surface area is 202 Å². The van der Waals surface area contributed by atoms with Crippen LogP contribution in [0.1, 0.15) is 55.6 Å². The summed E-state index contributed by atoms with van der Waals surface area (Å²) in [6.45, 7) is 2.00. The highest BCUT2D eigenvalue weighted by atomic mass is 19.4. The number of anilines is 2. The summed E-state index contributed by atoms with van der Waals surface area (Å²) < 4.78 is 67.0. The molecule has 2 saturated carbocycles. The van der Waals surface area contributed by atoms with E-state index >= 15 is 4.39 Å². The third kappa shape index (κ3) is 4.94. The zero-order chi connectivity index (χ0) is 25.7.